The number of aromatic amines is 1. The number of nitrogens with zero attached hydrogens (tertiary/aromatic N) is 3. The van der Waals surface area contributed by atoms with E-state index in [0.29, 0.717) is 5.56 Å². The van der Waals surface area contributed by atoms with Crippen molar-refractivity contribution in [2.24, 2.45) is 0 Å². The topological polar surface area (TPSA) is 61.9 Å². The molecule has 0 spiro atoms. The molecule has 0 saturated carbocycles. The fourth-order valence-corrected chi connectivity index (χ4v) is 1.93. The van der Waals surface area contributed by atoms with Crippen LogP contribution in [-0.4, -0.2) is 27.9 Å². The number of imidazole rings is 1. The number of carbonyl (C=O) groups excluding carboxylic acids is 1. The standard InChI is InChI=1S/C14H12N4O/c1-18(11-3-2-6-15-8-11)14(19)10-4-5-12-13(7-10)17-9-16-12/h2-9H,1H3,(H,16,17). The molecule has 0 bridgehead atoms. The second-order valence-corrected chi connectivity index (χ2v) is 4.21. The number of pyridine rings is 1. The SMILES string of the molecule is CN(C(=O)c1ccc2nc[nH]c2c1)c1cccnc1. The van der Waals surface area contributed by atoms with Crippen LogP contribution in [0.15, 0.2) is 49.1 Å². The number of amides is 1. The molecule has 2 heterocycles. The monoisotopic (exact) mass is 252 g/mol. The Morgan fingerprint density at radius 1 is 1.32 bits per heavy atom. The van der Waals surface area contributed by atoms with Crippen molar-refractivity contribution in [2.75, 3.05) is 11.9 Å². The van der Waals surface area contributed by atoms with Gasteiger partial charge in [0.1, 0.15) is 0 Å². The zero-order chi connectivity index (χ0) is 13.2. The first kappa shape index (κ1) is 11.4. The van der Waals surface area contributed by atoms with Gasteiger partial charge in [-0.3, -0.25) is 9.78 Å². The minimum Gasteiger partial charge on any atom is -0.345 e. The summed E-state index contributed by atoms with van der Waals surface area (Å²) in [7, 11) is 1.73. The number of aromatic nitrogens is 3. The maximum absolute atomic E-state index is 12.4. The van der Waals surface area contributed by atoms with E-state index in [9.17, 15) is 4.79 Å². The molecule has 0 radical (unpaired) electrons. The minimum atomic E-state index is -0.0792. The molecule has 94 valence electrons. The van der Waals surface area contributed by atoms with Gasteiger partial charge in [-0.15, -0.1) is 0 Å². The first-order valence-electron chi connectivity index (χ1n) is 5.87. The highest BCUT2D eigenvalue weighted by Gasteiger charge is 2.14. The molecule has 1 aromatic carbocycles. The summed E-state index contributed by atoms with van der Waals surface area (Å²) in [5.74, 6) is -0.0792. The van der Waals surface area contributed by atoms with Gasteiger partial charge in [0.15, 0.2) is 0 Å². The van der Waals surface area contributed by atoms with Gasteiger partial charge >= 0.3 is 0 Å². The lowest BCUT2D eigenvalue weighted by atomic mass is 10.1. The predicted octanol–water partition coefficient (Wildman–Crippen LogP) is 2.23. The van der Waals surface area contributed by atoms with Crippen LogP contribution < -0.4 is 4.90 Å². The van der Waals surface area contributed by atoms with E-state index in [0.717, 1.165) is 16.7 Å². The Hall–Kier alpha value is -2.69. The normalized spacial score (nSPS) is 10.6. The smallest absolute Gasteiger partial charge is 0.258 e. The molecule has 0 atom stereocenters. The summed E-state index contributed by atoms with van der Waals surface area (Å²) in [4.78, 5) is 25.1. The van der Waals surface area contributed by atoms with E-state index in [1.165, 1.54) is 0 Å². The Bertz CT molecular complexity index is 720. The van der Waals surface area contributed by atoms with Crippen LogP contribution in [0.25, 0.3) is 11.0 Å². The van der Waals surface area contributed by atoms with Gasteiger partial charge in [-0.25, -0.2) is 4.98 Å². The number of hydrogen-bond acceptors (Lipinski definition) is 3. The number of rotatable bonds is 2. The highest BCUT2D eigenvalue weighted by Crippen LogP contribution is 2.16. The van der Waals surface area contributed by atoms with E-state index in [1.54, 1.807) is 48.9 Å². The zero-order valence-corrected chi connectivity index (χ0v) is 10.4. The second kappa shape index (κ2) is 4.53. The van der Waals surface area contributed by atoms with Crippen molar-refractivity contribution in [1.29, 1.82) is 0 Å². The molecule has 2 aromatic heterocycles. The van der Waals surface area contributed by atoms with Crippen molar-refractivity contribution < 1.29 is 4.79 Å². The van der Waals surface area contributed by atoms with Gasteiger partial charge in [-0.1, -0.05) is 0 Å². The molecular formula is C14H12N4O. The van der Waals surface area contributed by atoms with E-state index in [1.807, 2.05) is 12.1 Å². The molecule has 0 saturated heterocycles. The van der Waals surface area contributed by atoms with Gasteiger partial charge in [0.05, 0.1) is 29.2 Å². The summed E-state index contributed by atoms with van der Waals surface area (Å²) in [6, 6.07) is 9.06. The van der Waals surface area contributed by atoms with Crippen molar-refractivity contribution in [2.45, 2.75) is 0 Å². The summed E-state index contributed by atoms with van der Waals surface area (Å²) in [6.07, 6.45) is 4.95. The zero-order valence-electron chi connectivity index (χ0n) is 10.4. The maximum Gasteiger partial charge on any atom is 0.258 e. The number of benzene rings is 1. The fraction of sp³-hybridized carbons (Fsp3) is 0.0714. The Labute approximate surface area is 109 Å². The minimum absolute atomic E-state index is 0.0792. The van der Waals surface area contributed by atoms with Gasteiger partial charge < -0.3 is 9.88 Å². The number of hydrogen-bond donors (Lipinski definition) is 1. The van der Waals surface area contributed by atoms with Crippen LogP contribution in [0, 0.1) is 0 Å². The first-order chi connectivity index (χ1) is 9.25. The molecule has 5 nitrogen and oxygen atoms in total. The summed E-state index contributed by atoms with van der Waals surface area (Å²) < 4.78 is 0. The Morgan fingerprint density at radius 2 is 2.21 bits per heavy atom. The van der Waals surface area contributed by atoms with Crippen molar-refractivity contribution in [3.05, 3.63) is 54.6 Å². The molecule has 0 aliphatic heterocycles. The third kappa shape index (κ3) is 2.06. The number of fused-ring (bicyclic) bond motifs is 1. The van der Waals surface area contributed by atoms with E-state index in [-0.39, 0.29) is 5.91 Å². The molecule has 19 heavy (non-hydrogen) atoms. The van der Waals surface area contributed by atoms with Crippen LogP contribution in [0.2, 0.25) is 0 Å². The Morgan fingerprint density at radius 3 is 3.00 bits per heavy atom. The number of carbonyl (C=O) groups is 1. The third-order valence-corrected chi connectivity index (χ3v) is 3.01. The fourth-order valence-electron chi connectivity index (χ4n) is 1.93. The molecule has 0 fully saturated rings. The van der Waals surface area contributed by atoms with Gasteiger partial charge in [-0.05, 0) is 30.3 Å². The van der Waals surface area contributed by atoms with Crippen molar-refractivity contribution >= 4 is 22.6 Å². The van der Waals surface area contributed by atoms with E-state index >= 15 is 0 Å². The van der Waals surface area contributed by atoms with Gasteiger partial charge in [0.25, 0.3) is 5.91 Å². The summed E-state index contributed by atoms with van der Waals surface area (Å²) in [6.45, 7) is 0. The molecular weight excluding hydrogens is 240 g/mol. The lowest BCUT2D eigenvalue weighted by Gasteiger charge is -2.16. The van der Waals surface area contributed by atoms with Crippen LogP contribution in [0.4, 0.5) is 5.69 Å². The van der Waals surface area contributed by atoms with E-state index in [2.05, 4.69) is 15.0 Å². The lowest BCUT2D eigenvalue weighted by Crippen LogP contribution is -2.26. The van der Waals surface area contributed by atoms with Gasteiger partial charge in [0, 0.05) is 18.8 Å². The Kier molecular flexibility index (Phi) is 2.72. The average molecular weight is 252 g/mol. The highest BCUT2D eigenvalue weighted by atomic mass is 16.2. The van der Waals surface area contributed by atoms with E-state index in [4.69, 9.17) is 0 Å². The molecule has 1 amide bonds. The quantitative estimate of drug-likeness (QED) is 0.760. The van der Waals surface area contributed by atoms with Crippen molar-refractivity contribution in [3.63, 3.8) is 0 Å². The second-order valence-electron chi connectivity index (χ2n) is 4.21. The number of nitrogens with one attached hydrogen (secondary N) is 1. The van der Waals surface area contributed by atoms with Gasteiger partial charge in [0.2, 0.25) is 0 Å². The Balaban J connectivity index is 1.95. The van der Waals surface area contributed by atoms with Crippen LogP contribution in [-0.2, 0) is 0 Å². The average Bonchev–Trinajstić information content (AvgIpc) is 2.94. The number of H-pyrrole nitrogens is 1. The largest absolute Gasteiger partial charge is 0.345 e. The summed E-state index contributed by atoms with van der Waals surface area (Å²) in [5, 5.41) is 0. The molecule has 5 heteroatoms. The van der Waals surface area contributed by atoms with Crippen molar-refractivity contribution in [1.82, 2.24) is 15.0 Å². The van der Waals surface area contributed by atoms with Crippen LogP contribution in [0.5, 0.6) is 0 Å². The molecule has 1 N–H and O–H groups in total. The number of anilines is 1. The molecule has 0 aliphatic carbocycles. The summed E-state index contributed by atoms with van der Waals surface area (Å²) >= 11 is 0. The molecule has 3 aromatic rings. The third-order valence-electron chi connectivity index (χ3n) is 3.01. The molecule has 0 aliphatic rings. The van der Waals surface area contributed by atoms with Gasteiger partial charge in [-0.2, -0.15) is 0 Å². The predicted molar refractivity (Wildman–Crippen MR) is 73.1 cm³/mol. The van der Waals surface area contributed by atoms with Crippen molar-refractivity contribution in [3.8, 4) is 0 Å². The summed E-state index contributed by atoms with van der Waals surface area (Å²) in [5.41, 5.74) is 3.08. The van der Waals surface area contributed by atoms with Crippen LogP contribution >= 0.6 is 0 Å². The molecule has 3 rings (SSSR count). The molecule has 0 unspecified atom stereocenters. The maximum atomic E-state index is 12.4. The lowest BCUT2D eigenvalue weighted by molar-refractivity contribution is 0.0993. The van der Waals surface area contributed by atoms with E-state index < -0.39 is 0 Å². The van der Waals surface area contributed by atoms with Crippen LogP contribution in [0.1, 0.15) is 10.4 Å². The van der Waals surface area contributed by atoms with Crippen LogP contribution in [0.3, 0.4) is 0 Å². The highest BCUT2D eigenvalue weighted by molar-refractivity contribution is 6.07. The first-order valence-corrected chi connectivity index (χ1v) is 5.87.